The predicted molar refractivity (Wildman–Crippen MR) is 183 cm³/mol. The molecule has 280 valence electrons. The molecule has 0 aliphatic rings. The number of nitrogens with one attached hydrogen (secondary N) is 8. The summed E-state index contributed by atoms with van der Waals surface area (Å²) in [6.45, 7) is 5.56. The zero-order chi connectivity index (χ0) is 38.1. The van der Waals surface area contributed by atoms with E-state index in [2.05, 4.69) is 41.9 Å². The molecule has 0 fully saturated rings. The molecule has 0 spiro atoms. The number of halogens is 1. The normalized spacial score (nSPS) is 14.4. The molecular weight excluding hydrogens is 690 g/mol. The minimum Gasteiger partial charge on any atom is -0.391 e. The number of nitrogens with zero attached hydrogens (tertiary/aromatic N) is 1. The van der Waals surface area contributed by atoms with Gasteiger partial charge in [0, 0.05) is 24.7 Å². The van der Waals surface area contributed by atoms with Gasteiger partial charge in [0.1, 0.15) is 36.1 Å². The predicted octanol–water partition coefficient (Wildman–Crippen LogP) is -2.07. The van der Waals surface area contributed by atoms with E-state index in [-0.39, 0.29) is 31.1 Å². The number of alkyl halides is 1. The second kappa shape index (κ2) is 21.2. The van der Waals surface area contributed by atoms with Gasteiger partial charge in [-0.15, -0.1) is 11.6 Å². The van der Waals surface area contributed by atoms with Crippen molar-refractivity contribution < 1.29 is 43.9 Å². The number of carbonyl (C=O) groups is 7. The number of hydrogen-bond donors (Lipinski definition) is 10. The molecule has 18 nitrogen and oxygen atoms in total. The van der Waals surface area contributed by atoms with Crippen LogP contribution in [0.1, 0.15) is 45.4 Å². The molecule has 2 aromatic rings. The van der Waals surface area contributed by atoms with Crippen LogP contribution in [0.2, 0.25) is 0 Å². The quantitative estimate of drug-likeness (QED) is 0.0403. The van der Waals surface area contributed by atoms with Gasteiger partial charge in [-0.1, -0.05) is 44.2 Å². The molecule has 7 amide bonds. The molecule has 1 heterocycles. The zero-order valence-corrected chi connectivity index (χ0v) is 29.5. The fraction of sp³-hybridized carbons (Fsp3) is 0.500. The van der Waals surface area contributed by atoms with Crippen molar-refractivity contribution in [1.29, 1.82) is 0 Å². The SMILES string of the molecule is CC(C)C[C@H](NC(=O)CCl)C(=O)N[C@H](C(=O)NCC(=O)N[C@@H](Cc1ccccc1)C(=O)N[C@@H](Cc1cnc[nH]1)C(=O)N[C@@H](C)C(=O)NO)[C@@H](C)O. The molecule has 0 bridgehead atoms. The number of aliphatic hydroxyl groups is 1. The Morgan fingerprint density at radius 3 is 1.94 bits per heavy atom. The van der Waals surface area contributed by atoms with Crippen molar-refractivity contribution in [2.75, 3.05) is 12.4 Å². The average Bonchev–Trinajstić information content (AvgIpc) is 3.61. The highest BCUT2D eigenvalue weighted by molar-refractivity contribution is 6.27. The number of hydrogen-bond acceptors (Lipinski definition) is 10. The van der Waals surface area contributed by atoms with Gasteiger partial charge in [0.15, 0.2) is 0 Å². The Morgan fingerprint density at radius 1 is 0.765 bits per heavy atom. The molecule has 0 aliphatic heterocycles. The van der Waals surface area contributed by atoms with Gasteiger partial charge in [-0.3, -0.25) is 38.8 Å². The van der Waals surface area contributed by atoms with Crippen LogP contribution in [0.3, 0.4) is 0 Å². The number of carbonyl (C=O) groups excluding carboxylic acids is 7. The minimum absolute atomic E-state index is 0.0219. The fourth-order valence-electron chi connectivity index (χ4n) is 4.75. The molecule has 0 unspecified atom stereocenters. The summed E-state index contributed by atoms with van der Waals surface area (Å²) in [6.07, 6.45) is 1.53. The summed E-state index contributed by atoms with van der Waals surface area (Å²) in [7, 11) is 0. The zero-order valence-electron chi connectivity index (χ0n) is 28.7. The van der Waals surface area contributed by atoms with Gasteiger partial charge >= 0.3 is 0 Å². The summed E-state index contributed by atoms with van der Waals surface area (Å²) in [5, 5.41) is 33.9. The van der Waals surface area contributed by atoms with Crippen molar-refractivity contribution in [3.8, 4) is 0 Å². The molecule has 2 rings (SSSR count). The second-order valence-electron chi connectivity index (χ2n) is 12.2. The van der Waals surface area contributed by atoms with Crippen LogP contribution in [0.25, 0.3) is 0 Å². The molecule has 0 radical (unpaired) electrons. The second-order valence-corrected chi connectivity index (χ2v) is 12.5. The molecule has 1 aromatic carbocycles. The number of amides is 7. The van der Waals surface area contributed by atoms with Crippen LogP contribution in [-0.4, -0.2) is 110 Å². The van der Waals surface area contributed by atoms with Crippen LogP contribution in [0.15, 0.2) is 42.9 Å². The maximum atomic E-state index is 13.6. The van der Waals surface area contributed by atoms with E-state index in [1.807, 2.05) is 13.8 Å². The largest absolute Gasteiger partial charge is 0.391 e. The maximum absolute atomic E-state index is 13.6. The Hall–Kier alpha value is -5.07. The lowest BCUT2D eigenvalue weighted by Crippen LogP contribution is -2.59. The number of imidazole rings is 1. The molecule has 6 atom stereocenters. The Bertz CT molecular complexity index is 1480. The summed E-state index contributed by atoms with van der Waals surface area (Å²) < 4.78 is 0. The molecule has 0 saturated carbocycles. The van der Waals surface area contributed by atoms with Crippen LogP contribution < -0.4 is 37.4 Å². The van der Waals surface area contributed by atoms with Gasteiger partial charge in [0.2, 0.25) is 35.4 Å². The lowest BCUT2D eigenvalue weighted by atomic mass is 10.0. The van der Waals surface area contributed by atoms with Crippen LogP contribution in [0.4, 0.5) is 0 Å². The number of rotatable bonds is 20. The first-order valence-corrected chi connectivity index (χ1v) is 16.6. The molecule has 19 heteroatoms. The number of aromatic amines is 1. The summed E-state index contributed by atoms with van der Waals surface area (Å²) in [6, 6.07) is 2.42. The minimum atomic E-state index is -1.51. The molecule has 0 saturated heterocycles. The van der Waals surface area contributed by atoms with Gasteiger partial charge in [0.25, 0.3) is 5.91 Å². The molecule has 51 heavy (non-hydrogen) atoms. The van der Waals surface area contributed by atoms with Gasteiger partial charge < -0.3 is 42.0 Å². The lowest BCUT2D eigenvalue weighted by molar-refractivity contribution is -0.136. The Kier molecular flexibility index (Phi) is 17.5. The van der Waals surface area contributed by atoms with E-state index < -0.39 is 84.2 Å². The van der Waals surface area contributed by atoms with Crippen LogP contribution in [-0.2, 0) is 46.4 Å². The van der Waals surface area contributed by atoms with Crippen molar-refractivity contribution >= 4 is 53.0 Å². The first-order valence-electron chi connectivity index (χ1n) is 16.1. The van der Waals surface area contributed by atoms with Gasteiger partial charge in [0.05, 0.1) is 19.0 Å². The van der Waals surface area contributed by atoms with Crippen LogP contribution in [0.5, 0.6) is 0 Å². The van der Waals surface area contributed by atoms with E-state index in [0.29, 0.717) is 11.3 Å². The van der Waals surface area contributed by atoms with E-state index in [1.165, 1.54) is 31.9 Å². The third-order valence-electron chi connectivity index (χ3n) is 7.37. The summed E-state index contributed by atoms with van der Waals surface area (Å²) in [5.41, 5.74) is 2.56. The van der Waals surface area contributed by atoms with Crippen LogP contribution >= 0.6 is 11.6 Å². The Morgan fingerprint density at radius 2 is 1.37 bits per heavy atom. The summed E-state index contributed by atoms with van der Waals surface area (Å²) >= 11 is 5.56. The van der Waals surface area contributed by atoms with Crippen molar-refractivity contribution in [1.82, 2.24) is 47.3 Å². The number of benzene rings is 1. The number of aromatic nitrogens is 2. The summed E-state index contributed by atoms with van der Waals surface area (Å²) in [4.78, 5) is 96.3. The smallest absolute Gasteiger partial charge is 0.265 e. The van der Waals surface area contributed by atoms with E-state index in [0.717, 1.165) is 0 Å². The van der Waals surface area contributed by atoms with E-state index in [9.17, 15) is 38.7 Å². The molecular formula is C32H46ClN9O9. The van der Waals surface area contributed by atoms with E-state index in [4.69, 9.17) is 16.8 Å². The van der Waals surface area contributed by atoms with E-state index in [1.54, 1.807) is 30.3 Å². The van der Waals surface area contributed by atoms with E-state index >= 15 is 0 Å². The van der Waals surface area contributed by atoms with Gasteiger partial charge in [-0.2, -0.15) is 0 Å². The summed E-state index contributed by atoms with van der Waals surface area (Å²) in [5.74, 6) is -5.92. The third-order valence-corrected chi connectivity index (χ3v) is 7.62. The first kappa shape index (κ1) is 42.1. The average molecular weight is 736 g/mol. The molecule has 10 N–H and O–H groups in total. The number of aliphatic hydroxyl groups excluding tert-OH is 1. The first-order chi connectivity index (χ1) is 24.1. The van der Waals surface area contributed by atoms with Gasteiger partial charge in [-0.05, 0) is 31.7 Å². The lowest BCUT2D eigenvalue weighted by Gasteiger charge is -2.26. The van der Waals surface area contributed by atoms with Crippen molar-refractivity contribution in [3.63, 3.8) is 0 Å². The number of H-pyrrole nitrogens is 1. The van der Waals surface area contributed by atoms with Crippen molar-refractivity contribution in [3.05, 3.63) is 54.1 Å². The highest BCUT2D eigenvalue weighted by Crippen LogP contribution is 2.08. The standard InChI is InChI=1S/C32H46ClN9O9/c1-17(2)10-22(38-25(44)13-33)31(49)41-27(19(4)43)32(50)35-15-26(45)39-23(11-20-8-6-5-7-9-20)30(48)40-24(12-21-14-34-16-36-21)29(47)37-18(3)28(46)42-51/h5-9,14,16-19,22-24,27,43,51H,10-13,15H2,1-4H3,(H,34,36)(H,35,50)(H,37,47)(H,38,44)(H,39,45)(H,40,48)(H,41,49)(H,42,46)/t18-,19+,22-,23-,24-,27-/m0/s1. The highest BCUT2D eigenvalue weighted by atomic mass is 35.5. The molecule has 1 aromatic heterocycles. The maximum Gasteiger partial charge on any atom is 0.265 e. The third kappa shape index (κ3) is 14.7. The van der Waals surface area contributed by atoms with Crippen molar-refractivity contribution in [2.24, 2.45) is 5.92 Å². The number of hydroxylamine groups is 1. The topological polar surface area (TPSA) is 273 Å². The fourth-order valence-corrected chi connectivity index (χ4v) is 4.83. The Labute approximate surface area is 299 Å². The van der Waals surface area contributed by atoms with Crippen molar-refractivity contribution in [2.45, 2.75) is 83.3 Å². The highest BCUT2D eigenvalue weighted by Gasteiger charge is 2.32. The van der Waals surface area contributed by atoms with Crippen LogP contribution in [0, 0.1) is 5.92 Å². The molecule has 0 aliphatic carbocycles. The monoisotopic (exact) mass is 735 g/mol. The van der Waals surface area contributed by atoms with Gasteiger partial charge in [-0.25, -0.2) is 10.5 Å². The Balaban J connectivity index is 2.19.